The minimum Gasteiger partial charge on any atom is -0.456 e. The van der Waals surface area contributed by atoms with Crippen LogP contribution in [0.2, 0.25) is 10.0 Å². The number of sulfone groups is 1. The molecule has 19 heavy (non-hydrogen) atoms. The molecule has 0 unspecified atom stereocenters. The van der Waals surface area contributed by atoms with Crippen molar-refractivity contribution in [2.45, 2.75) is 4.90 Å². The average Bonchev–Trinajstić information content (AvgIpc) is 2.65. The molecule has 0 aliphatic carbocycles. The van der Waals surface area contributed by atoms with E-state index < -0.39 is 9.84 Å². The SMILES string of the molecule is CS(=O)(=O)c1ccc2oc3cc(Cl)c(Cl)cc3c2c1. The van der Waals surface area contributed by atoms with Crippen LogP contribution in [0.5, 0.6) is 0 Å². The van der Waals surface area contributed by atoms with E-state index in [0.29, 0.717) is 26.6 Å². The molecule has 3 aromatic rings. The van der Waals surface area contributed by atoms with Gasteiger partial charge in [-0.1, -0.05) is 23.2 Å². The molecule has 6 heteroatoms. The molecule has 0 radical (unpaired) electrons. The molecule has 0 bridgehead atoms. The summed E-state index contributed by atoms with van der Waals surface area (Å²) in [6, 6.07) is 8.04. The molecular formula is C13H8Cl2O3S. The summed E-state index contributed by atoms with van der Waals surface area (Å²) < 4.78 is 28.8. The van der Waals surface area contributed by atoms with Crippen molar-refractivity contribution in [3.05, 3.63) is 40.4 Å². The van der Waals surface area contributed by atoms with E-state index in [1.54, 1.807) is 24.3 Å². The Hall–Kier alpha value is -1.23. The van der Waals surface area contributed by atoms with Crippen LogP contribution in [0.1, 0.15) is 0 Å². The Labute approximate surface area is 119 Å². The standard InChI is InChI=1S/C13H8Cl2O3S/c1-19(16,17)7-2-3-12-8(4-7)9-5-10(14)11(15)6-13(9)18-12/h2-6H,1H3. The summed E-state index contributed by atoms with van der Waals surface area (Å²) in [5.41, 5.74) is 1.18. The largest absolute Gasteiger partial charge is 0.456 e. The van der Waals surface area contributed by atoms with Crippen LogP contribution in [0.3, 0.4) is 0 Å². The van der Waals surface area contributed by atoms with E-state index in [9.17, 15) is 8.42 Å². The normalized spacial score (nSPS) is 12.4. The van der Waals surface area contributed by atoms with Crippen LogP contribution in [0, 0.1) is 0 Å². The van der Waals surface area contributed by atoms with Gasteiger partial charge in [-0.2, -0.15) is 0 Å². The zero-order chi connectivity index (χ0) is 13.8. The van der Waals surface area contributed by atoms with Gasteiger partial charge in [-0.25, -0.2) is 8.42 Å². The van der Waals surface area contributed by atoms with Crippen LogP contribution in [0.15, 0.2) is 39.6 Å². The first-order chi connectivity index (χ1) is 8.86. The van der Waals surface area contributed by atoms with Crippen LogP contribution >= 0.6 is 23.2 Å². The molecule has 3 nitrogen and oxygen atoms in total. The quantitative estimate of drug-likeness (QED) is 0.673. The van der Waals surface area contributed by atoms with E-state index in [1.807, 2.05) is 0 Å². The van der Waals surface area contributed by atoms with E-state index in [0.717, 1.165) is 5.39 Å². The third kappa shape index (κ3) is 2.10. The van der Waals surface area contributed by atoms with E-state index in [-0.39, 0.29) is 4.90 Å². The second-order valence-electron chi connectivity index (χ2n) is 4.29. The summed E-state index contributed by atoms with van der Waals surface area (Å²) >= 11 is 11.9. The number of halogens is 2. The van der Waals surface area contributed by atoms with Crippen molar-refractivity contribution in [3.63, 3.8) is 0 Å². The predicted molar refractivity (Wildman–Crippen MR) is 76.8 cm³/mol. The maximum Gasteiger partial charge on any atom is 0.175 e. The first-order valence-electron chi connectivity index (χ1n) is 5.37. The molecule has 2 aromatic carbocycles. The monoisotopic (exact) mass is 314 g/mol. The smallest absolute Gasteiger partial charge is 0.175 e. The van der Waals surface area contributed by atoms with Crippen LogP contribution in [-0.2, 0) is 9.84 Å². The highest BCUT2D eigenvalue weighted by atomic mass is 35.5. The molecule has 98 valence electrons. The number of fused-ring (bicyclic) bond motifs is 3. The summed E-state index contributed by atoms with van der Waals surface area (Å²) in [4.78, 5) is 0.244. The van der Waals surface area contributed by atoms with Gasteiger partial charge in [0.15, 0.2) is 9.84 Å². The van der Waals surface area contributed by atoms with Gasteiger partial charge in [0, 0.05) is 23.1 Å². The molecule has 3 rings (SSSR count). The lowest BCUT2D eigenvalue weighted by molar-refractivity contribution is 0.602. The van der Waals surface area contributed by atoms with Gasteiger partial charge in [-0.15, -0.1) is 0 Å². The van der Waals surface area contributed by atoms with Crippen molar-refractivity contribution in [3.8, 4) is 0 Å². The summed E-state index contributed by atoms with van der Waals surface area (Å²) in [5, 5.41) is 2.25. The van der Waals surface area contributed by atoms with Crippen LogP contribution < -0.4 is 0 Å². The highest BCUT2D eigenvalue weighted by Gasteiger charge is 2.13. The van der Waals surface area contributed by atoms with Gasteiger partial charge < -0.3 is 4.42 Å². The van der Waals surface area contributed by atoms with Crippen molar-refractivity contribution in [1.82, 2.24) is 0 Å². The molecule has 0 fully saturated rings. The molecule has 0 spiro atoms. The third-order valence-electron chi connectivity index (χ3n) is 2.91. The molecule has 0 aliphatic heterocycles. The molecule has 0 saturated carbocycles. The topological polar surface area (TPSA) is 47.3 Å². The highest BCUT2D eigenvalue weighted by Crippen LogP contribution is 2.35. The number of hydrogen-bond donors (Lipinski definition) is 0. The first-order valence-corrected chi connectivity index (χ1v) is 8.02. The second kappa shape index (κ2) is 4.13. The summed E-state index contributed by atoms with van der Waals surface area (Å²) in [7, 11) is -3.26. The fourth-order valence-corrected chi connectivity index (χ4v) is 2.95. The average molecular weight is 315 g/mol. The molecule has 0 atom stereocenters. The van der Waals surface area contributed by atoms with Gasteiger partial charge in [-0.3, -0.25) is 0 Å². The van der Waals surface area contributed by atoms with Crippen molar-refractivity contribution in [2.24, 2.45) is 0 Å². The van der Waals surface area contributed by atoms with Gasteiger partial charge >= 0.3 is 0 Å². The maximum atomic E-state index is 11.6. The molecule has 0 saturated heterocycles. The van der Waals surface area contributed by atoms with E-state index in [1.165, 1.54) is 12.3 Å². The molecule has 1 heterocycles. The predicted octanol–water partition coefficient (Wildman–Crippen LogP) is 4.30. The molecule has 0 amide bonds. The number of furan rings is 1. The molecule has 0 aliphatic rings. The maximum absolute atomic E-state index is 11.6. The fraction of sp³-hybridized carbons (Fsp3) is 0.0769. The number of hydrogen-bond acceptors (Lipinski definition) is 3. The van der Waals surface area contributed by atoms with E-state index in [4.69, 9.17) is 27.6 Å². The number of rotatable bonds is 1. The van der Waals surface area contributed by atoms with Gasteiger partial charge in [0.05, 0.1) is 14.9 Å². The lowest BCUT2D eigenvalue weighted by Gasteiger charge is -1.98. The lowest BCUT2D eigenvalue weighted by Crippen LogP contribution is -1.95. The molecule has 1 aromatic heterocycles. The van der Waals surface area contributed by atoms with Crippen LogP contribution in [0.4, 0.5) is 0 Å². The van der Waals surface area contributed by atoms with E-state index in [2.05, 4.69) is 0 Å². The third-order valence-corrected chi connectivity index (χ3v) is 4.74. The van der Waals surface area contributed by atoms with Gasteiger partial charge in [0.2, 0.25) is 0 Å². The summed E-state index contributed by atoms with van der Waals surface area (Å²) in [6.07, 6.45) is 1.17. The van der Waals surface area contributed by atoms with Crippen molar-refractivity contribution in [2.75, 3.05) is 6.26 Å². The fourth-order valence-electron chi connectivity index (χ4n) is 1.98. The van der Waals surface area contributed by atoms with Crippen LogP contribution in [0.25, 0.3) is 21.9 Å². The van der Waals surface area contributed by atoms with Gasteiger partial charge in [-0.05, 0) is 24.3 Å². The minimum atomic E-state index is -3.26. The summed E-state index contributed by atoms with van der Waals surface area (Å²) in [5.74, 6) is 0. The Bertz CT molecular complexity index is 910. The van der Waals surface area contributed by atoms with Gasteiger partial charge in [0.1, 0.15) is 11.2 Å². The first kappa shape index (κ1) is 12.8. The van der Waals surface area contributed by atoms with E-state index >= 15 is 0 Å². The lowest BCUT2D eigenvalue weighted by atomic mass is 10.1. The zero-order valence-corrected chi connectivity index (χ0v) is 12.1. The van der Waals surface area contributed by atoms with Gasteiger partial charge in [0.25, 0.3) is 0 Å². The van der Waals surface area contributed by atoms with Crippen molar-refractivity contribution >= 4 is 55.0 Å². The Morgan fingerprint density at radius 2 is 1.58 bits per heavy atom. The molecular weight excluding hydrogens is 307 g/mol. The molecule has 0 N–H and O–H groups in total. The van der Waals surface area contributed by atoms with Crippen LogP contribution in [-0.4, -0.2) is 14.7 Å². The Morgan fingerprint density at radius 1 is 0.947 bits per heavy atom. The van der Waals surface area contributed by atoms with Crippen molar-refractivity contribution < 1.29 is 12.8 Å². The Morgan fingerprint density at radius 3 is 2.26 bits per heavy atom. The zero-order valence-electron chi connectivity index (χ0n) is 9.78. The Kier molecular flexibility index (Phi) is 2.78. The summed E-state index contributed by atoms with van der Waals surface area (Å²) in [6.45, 7) is 0. The number of benzene rings is 2. The Balaban J connectivity index is 2.45. The van der Waals surface area contributed by atoms with Crippen molar-refractivity contribution in [1.29, 1.82) is 0 Å². The second-order valence-corrected chi connectivity index (χ2v) is 7.12. The minimum absolute atomic E-state index is 0.244. The highest BCUT2D eigenvalue weighted by molar-refractivity contribution is 7.90.